The zero-order valence-electron chi connectivity index (χ0n) is 14.4. The summed E-state index contributed by atoms with van der Waals surface area (Å²) in [4.78, 5) is 35.9. The Labute approximate surface area is 150 Å². The molecule has 0 aromatic carbocycles. The summed E-state index contributed by atoms with van der Waals surface area (Å²) in [6.07, 6.45) is 8.64. The standard InChI is InChI=1S/C20H18N4O2/c1-14-5-8-23(11-15-3-2-6-21-9-15)19(25)18(14)20(26)24-12-16-4-7-22-10-17(16)13-24/h2-10H,11-13H2,1H3. The first-order valence-electron chi connectivity index (χ1n) is 8.43. The molecule has 1 aliphatic heterocycles. The molecule has 6 heteroatoms. The fourth-order valence-electron chi connectivity index (χ4n) is 3.26. The van der Waals surface area contributed by atoms with E-state index in [9.17, 15) is 9.59 Å². The first kappa shape index (κ1) is 16.2. The van der Waals surface area contributed by atoms with Crippen molar-refractivity contribution in [3.8, 4) is 0 Å². The molecular formula is C20H18N4O2. The summed E-state index contributed by atoms with van der Waals surface area (Å²) in [7, 11) is 0. The summed E-state index contributed by atoms with van der Waals surface area (Å²) in [5, 5.41) is 0. The van der Waals surface area contributed by atoms with Crippen LogP contribution >= 0.6 is 0 Å². The van der Waals surface area contributed by atoms with Crippen LogP contribution in [0.3, 0.4) is 0 Å². The third-order valence-electron chi connectivity index (χ3n) is 4.68. The molecule has 0 saturated heterocycles. The van der Waals surface area contributed by atoms with E-state index >= 15 is 0 Å². The molecule has 3 aromatic heterocycles. The van der Waals surface area contributed by atoms with E-state index in [2.05, 4.69) is 9.97 Å². The molecule has 0 atom stereocenters. The summed E-state index contributed by atoms with van der Waals surface area (Å²) in [5.41, 5.74) is 3.68. The van der Waals surface area contributed by atoms with E-state index in [0.29, 0.717) is 25.2 Å². The fraction of sp³-hybridized carbons (Fsp3) is 0.200. The number of aromatic nitrogens is 3. The second kappa shape index (κ2) is 6.55. The molecule has 0 spiro atoms. The van der Waals surface area contributed by atoms with Gasteiger partial charge in [0.25, 0.3) is 11.5 Å². The number of pyridine rings is 3. The van der Waals surface area contributed by atoms with Gasteiger partial charge in [-0.2, -0.15) is 0 Å². The van der Waals surface area contributed by atoms with E-state index in [-0.39, 0.29) is 17.0 Å². The molecule has 26 heavy (non-hydrogen) atoms. The summed E-state index contributed by atoms with van der Waals surface area (Å²) in [5.74, 6) is -0.232. The fourth-order valence-corrected chi connectivity index (χ4v) is 3.26. The number of aryl methyl sites for hydroxylation is 1. The summed E-state index contributed by atoms with van der Waals surface area (Å²) in [6, 6.07) is 7.47. The highest BCUT2D eigenvalue weighted by Gasteiger charge is 2.27. The molecule has 130 valence electrons. The molecule has 0 fully saturated rings. The number of carbonyl (C=O) groups is 1. The van der Waals surface area contributed by atoms with Crippen LogP contribution in [0.1, 0.15) is 32.6 Å². The topological polar surface area (TPSA) is 68.1 Å². The van der Waals surface area contributed by atoms with E-state index in [1.165, 1.54) is 0 Å². The Morgan fingerprint density at radius 3 is 2.65 bits per heavy atom. The molecule has 4 heterocycles. The quantitative estimate of drug-likeness (QED) is 0.729. The van der Waals surface area contributed by atoms with Gasteiger partial charge in [-0.25, -0.2) is 0 Å². The zero-order chi connectivity index (χ0) is 18.1. The zero-order valence-corrected chi connectivity index (χ0v) is 14.4. The third-order valence-corrected chi connectivity index (χ3v) is 4.68. The van der Waals surface area contributed by atoms with E-state index in [1.54, 1.807) is 47.4 Å². The maximum atomic E-state index is 13.0. The van der Waals surface area contributed by atoms with Crippen molar-refractivity contribution in [3.63, 3.8) is 0 Å². The largest absolute Gasteiger partial charge is 0.330 e. The Morgan fingerprint density at radius 2 is 1.88 bits per heavy atom. The average Bonchev–Trinajstić information content (AvgIpc) is 3.09. The number of hydrogen-bond acceptors (Lipinski definition) is 4. The van der Waals surface area contributed by atoms with Crippen molar-refractivity contribution in [1.82, 2.24) is 19.4 Å². The third kappa shape index (κ3) is 2.90. The van der Waals surface area contributed by atoms with Gasteiger partial charge in [-0.3, -0.25) is 19.6 Å². The second-order valence-corrected chi connectivity index (χ2v) is 6.47. The molecule has 0 radical (unpaired) electrons. The van der Waals surface area contributed by atoms with Gasteiger partial charge in [0, 0.05) is 44.1 Å². The lowest BCUT2D eigenvalue weighted by atomic mass is 10.1. The van der Waals surface area contributed by atoms with Crippen molar-refractivity contribution < 1.29 is 4.79 Å². The molecule has 4 rings (SSSR count). The van der Waals surface area contributed by atoms with Crippen LogP contribution in [0, 0.1) is 6.92 Å². The highest BCUT2D eigenvalue weighted by Crippen LogP contribution is 2.23. The van der Waals surface area contributed by atoms with Gasteiger partial charge >= 0.3 is 0 Å². The van der Waals surface area contributed by atoms with Crippen molar-refractivity contribution in [2.45, 2.75) is 26.6 Å². The highest BCUT2D eigenvalue weighted by molar-refractivity contribution is 5.95. The van der Waals surface area contributed by atoms with Gasteiger partial charge in [0.05, 0.1) is 6.54 Å². The number of nitrogens with zero attached hydrogens (tertiary/aromatic N) is 4. The molecule has 0 bridgehead atoms. The average molecular weight is 346 g/mol. The molecule has 0 saturated carbocycles. The molecule has 0 N–H and O–H groups in total. The van der Waals surface area contributed by atoms with E-state index in [1.807, 2.05) is 24.3 Å². The first-order valence-corrected chi connectivity index (χ1v) is 8.43. The van der Waals surface area contributed by atoms with Crippen LogP contribution in [0.5, 0.6) is 0 Å². The van der Waals surface area contributed by atoms with Crippen LogP contribution in [0.4, 0.5) is 0 Å². The lowest BCUT2D eigenvalue weighted by molar-refractivity contribution is 0.0748. The monoisotopic (exact) mass is 346 g/mol. The normalized spacial score (nSPS) is 12.9. The van der Waals surface area contributed by atoms with Gasteiger partial charge in [-0.15, -0.1) is 0 Å². The number of fused-ring (bicyclic) bond motifs is 1. The Hall–Kier alpha value is -3.28. The van der Waals surface area contributed by atoms with Crippen molar-refractivity contribution in [3.05, 3.63) is 93.4 Å². The Kier molecular flexibility index (Phi) is 4.08. The molecule has 3 aromatic rings. The van der Waals surface area contributed by atoms with Gasteiger partial charge in [-0.05, 0) is 47.4 Å². The van der Waals surface area contributed by atoms with E-state index < -0.39 is 0 Å². The van der Waals surface area contributed by atoms with Crippen molar-refractivity contribution in [2.75, 3.05) is 0 Å². The van der Waals surface area contributed by atoms with Crippen LogP contribution in [-0.2, 0) is 19.6 Å². The van der Waals surface area contributed by atoms with Crippen LogP contribution in [-0.4, -0.2) is 25.3 Å². The van der Waals surface area contributed by atoms with E-state index in [0.717, 1.165) is 16.7 Å². The molecule has 0 unspecified atom stereocenters. The summed E-state index contributed by atoms with van der Waals surface area (Å²) < 4.78 is 1.56. The van der Waals surface area contributed by atoms with Crippen molar-refractivity contribution in [1.29, 1.82) is 0 Å². The molecular weight excluding hydrogens is 328 g/mol. The SMILES string of the molecule is Cc1ccn(Cc2cccnc2)c(=O)c1C(=O)N1Cc2ccncc2C1. The predicted octanol–water partition coefficient (Wildman–Crippen LogP) is 2.15. The smallest absolute Gasteiger partial charge is 0.263 e. The number of hydrogen-bond donors (Lipinski definition) is 0. The Balaban J connectivity index is 1.65. The van der Waals surface area contributed by atoms with E-state index in [4.69, 9.17) is 0 Å². The Bertz CT molecular complexity index is 1000. The summed E-state index contributed by atoms with van der Waals surface area (Å²) in [6.45, 7) is 3.18. The number of rotatable bonds is 3. The highest BCUT2D eigenvalue weighted by atomic mass is 16.2. The van der Waals surface area contributed by atoms with Crippen molar-refractivity contribution in [2.24, 2.45) is 0 Å². The van der Waals surface area contributed by atoms with Crippen LogP contribution in [0.2, 0.25) is 0 Å². The van der Waals surface area contributed by atoms with Crippen LogP contribution in [0.15, 0.2) is 60.0 Å². The van der Waals surface area contributed by atoms with Crippen LogP contribution in [0.25, 0.3) is 0 Å². The number of amides is 1. The molecule has 0 aliphatic carbocycles. The minimum Gasteiger partial charge on any atom is -0.330 e. The lowest BCUT2D eigenvalue weighted by Crippen LogP contribution is -2.35. The molecule has 1 aliphatic rings. The lowest BCUT2D eigenvalue weighted by Gasteiger charge is -2.17. The van der Waals surface area contributed by atoms with Gasteiger partial charge in [0.15, 0.2) is 0 Å². The van der Waals surface area contributed by atoms with Gasteiger partial charge in [0.1, 0.15) is 5.56 Å². The molecule has 6 nitrogen and oxygen atoms in total. The number of carbonyl (C=O) groups excluding carboxylic acids is 1. The van der Waals surface area contributed by atoms with Crippen LogP contribution < -0.4 is 5.56 Å². The predicted molar refractivity (Wildman–Crippen MR) is 96.6 cm³/mol. The van der Waals surface area contributed by atoms with Gasteiger partial charge < -0.3 is 9.47 Å². The molecule has 1 amide bonds. The Morgan fingerprint density at radius 1 is 1.08 bits per heavy atom. The minimum absolute atomic E-state index is 0.232. The summed E-state index contributed by atoms with van der Waals surface area (Å²) >= 11 is 0. The first-order chi connectivity index (χ1) is 12.6. The maximum absolute atomic E-state index is 13.0. The minimum atomic E-state index is -0.270. The van der Waals surface area contributed by atoms with Crippen molar-refractivity contribution >= 4 is 5.91 Å². The second-order valence-electron chi connectivity index (χ2n) is 6.47. The van der Waals surface area contributed by atoms with Gasteiger partial charge in [0.2, 0.25) is 0 Å². The maximum Gasteiger partial charge on any atom is 0.263 e. The van der Waals surface area contributed by atoms with Gasteiger partial charge in [-0.1, -0.05) is 6.07 Å².